The number of hydrogen-bond donors (Lipinski definition) is 2. The van der Waals surface area contributed by atoms with Crippen molar-refractivity contribution < 1.29 is 19.4 Å². The standard InChI is InChI=1S/C27H28N2O4.ClH/c1-19(20-11-13-22(14-12-20)27(31)32)28-26(30)25-24-10-6-5-7-21(24)15-16-29(25)17-18-33-23-8-3-2-4-9-23;/h2-14,19,25H,15-18H2,1H3,(H,28,30)(H,31,32);1H/t19-,25+;/m0./s1. The summed E-state index contributed by atoms with van der Waals surface area (Å²) in [6, 6.07) is 23.7. The molecule has 0 spiro atoms. The number of carboxylic acids is 1. The lowest BCUT2D eigenvalue weighted by Gasteiger charge is -2.36. The van der Waals surface area contributed by atoms with Crippen molar-refractivity contribution in [1.29, 1.82) is 0 Å². The van der Waals surface area contributed by atoms with Gasteiger partial charge in [-0.25, -0.2) is 4.79 Å². The van der Waals surface area contributed by atoms with Gasteiger partial charge in [-0.3, -0.25) is 9.69 Å². The third kappa shape index (κ3) is 5.95. The molecule has 2 atom stereocenters. The number of carboxylic acid groups (broad SMARTS) is 1. The molecule has 0 aromatic heterocycles. The van der Waals surface area contributed by atoms with Gasteiger partial charge in [0.2, 0.25) is 5.91 Å². The molecule has 7 heteroatoms. The van der Waals surface area contributed by atoms with Crippen molar-refractivity contribution in [2.24, 2.45) is 0 Å². The molecule has 3 aromatic rings. The Kier molecular flexibility index (Phi) is 8.68. The van der Waals surface area contributed by atoms with E-state index in [0.717, 1.165) is 29.8 Å². The highest BCUT2D eigenvalue weighted by atomic mass is 35.5. The SMILES string of the molecule is C[C@H](NC(=O)[C@H]1c2ccccc2CCN1CCOc1ccccc1)c1ccc(C(=O)O)cc1.Cl. The summed E-state index contributed by atoms with van der Waals surface area (Å²) in [6.07, 6.45) is 0.886. The second kappa shape index (κ2) is 11.7. The monoisotopic (exact) mass is 480 g/mol. The molecular weight excluding hydrogens is 452 g/mol. The molecule has 34 heavy (non-hydrogen) atoms. The number of rotatable bonds is 8. The van der Waals surface area contributed by atoms with Crippen molar-refractivity contribution in [2.45, 2.75) is 25.4 Å². The number of amides is 1. The van der Waals surface area contributed by atoms with Gasteiger partial charge in [-0.1, -0.05) is 54.6 Å². The predicted octanol–water partition coefficient (Wildman–Crippen LogP) is 4.66. The molecule has 4 rings (SSSR count). The highest BCUT2D eigenvalue weighted by Crippen LogP contribution is 2.30. The number of nitrogens with one attached hydrogen (secondary N) is 1. The summed E-state index contributed by atoms with van der Waals surface area (Å²) in [5, 5.41) is 12.2. The summed E-state index contributed by atoms with van der Waals surface area (Å²) in [5.74, 6) is -0.226. The number of aromatic carboxylic acids is 1. The van der Waals surface area contributed by atoms with Crippen LogP contribution in [0.25, 0.3) is 0 Å². The van der Waals surface area contributed by atoms with Crippen molar-refractivity contribution >= 4 is 24.3 Å². The van der Waals surface area contributed by atoms with Gasteiger partial charge in [0.05, 0.1) is 11.6 Å². The van der Waals surface area contributed by atoms with Crippen LogP contribution in [-0.4, -0.2) is 41.6 Å². The summed E-state index contributed by atoms with van der Waals surface area (Å²) in [6.45, 7) is 3.80. The fourth-order valence-electron chi connectivity index (χ4n) is 4.25. The lowest BCUT2D eigenvalue weighted by molar-refractivity contribution is -0.128. The number of para-hydroxylation sites is 1. The van der Waals surface area contributed by atoms with E-state index < -0.39 is 12.0 Å². The van der Waals surface area contributed by atoms with E-state index in [1.807, 2.05) is 55.5 Å². The lowest BCUT2D eigenvalue weighted by atomic mass is 9.91. The van der Waals surface area contributed by atoms with Gasteiger partial charge < -0.3 is 15.2 Å². The minimum atomic E-state index is -0.967. The Bertz CT molecular complexity index is 1110. The van der Waals surface area contributed by atoms with E-state index in [9.17, 15) is 9.59 Å². The molecule has 0 aliphatic carbocycles. The van der Waals surface area contributed by atoms with E-state index in [1.54, 1.807) is 24.3 Å². The summed E-state index contributed by atoms with van der Waals surface area (Å²) in [7, 11) is 0. The van der Waals surface area contributed by atoms with E-state index in [-0.39, 0.29) is 29.9 Å². The van der Waals surface area contributed by atoms with Crippen molar-refractivity contribution in [3.05, 3.63) is 101 Å². The molecule has 0 saturated heterocycles. The summed E-state index contributed by atoms with van der Waals surface area (Å²) in [5.41, 5.74) is 3.30. The zero-order valence-electron chi connectivity index (χ0n) is 19.0. The van der Waals surface area contributed by atoms with Crippen LogP contribution in [0.1, 0.15) is 46.1 Å². The third-order valence-electron chi connectivity index (χ3n) is 6.04. The molecule has 0 unspecified atom stereocenters. The average Bonchev–Trinajstić information content (AvgIpc) is 2.84. The van der Waals surface area contributed by atoms with Crippen molar-refractivity contribution in [1.82, 2.24) is 10.2 Å². The third-order valence-corrected chi connectivity index (χ3v) is 6.04. The van der Waals surface area contributed by atoms with E-state index >= 15 is 0 Å². The van der Waals surface area contributed by atoms with Crippen LogP contribution in [0.4, 0.5) is 0 Å². The largest absolute Gasteiger partial charge is 0.492 e. The molecule has 178 valence electrons. The minimum absolute atomic E-state index is 0. The topological polar surface area (TPSA) is 78.9 Å². The van der Waals surface area contributed by atoms with E-state index in [1.165, 1.54) is 5.56 Å². The molecule has 0 radical (unpaired) electrons. The normalized spacial score (nSPS) is 16.0. The van der Waals surface area contributed by atoms with Gasteiger partial charge in [-0.05, 0) is 54.3 Å². The van der Waals surface area contributed by atoms with Crippen LogP contribution in [0.2, 0.25) is 0 Å². The molecule has 1 heterocycles. The second-order valence-electron chi connectivity index (χ2n) is 8.21. The number of ether oxygens (including phenoxy) is 1. The fraction of sp³-hybridized carbons (Fsp3) is 0.259. The van der Waals surface area contributed by atoms with Gasteiger partial charge in [-0.15, -0.1) is 12.4 Å². The first-order valence-electron chi connectivity index (χ1n) is 11.2. The summed E-state index contributed by atoms with van der Waals surface area (Å²) < 4.78 is 5.88. The molecule has 0 saturated carbocycles. The highest BCUT2D eigenvalue weighted by molar-refractivity contribution is 5.87. The Morgan fingerprint density at radius 3 is 2.41 bits per heavy atom. The van der Waals surface area contributed by atoms with Gasteiger partial charge in [-0.2, -0.15) is 0 Å². The number of carbonyl (C=O) groups excluding carboxylic acids is 1. The van der Waals surface area contributed by atoms with Crippen molar-refractivity contribution in [3.8, 4) is 5.75 Å². The Labute approximate surface area is 206 Å². The van der Waals surface area contributed by atoms with Gasteiger partial charge in [0, 0.05) is 13.1 Å². The van der Waals surface area contributed by atoms with Crippen LogP contribution in [0.3, 0.4) is 0 Å². The maximum Gasteiger partial charge on any atom is 0.335 e. The first-order chi connectivity index (χ1) is 16.0. The van der Waals surface area contributed by atoms with Crippen LogP contribution in [0, 0.1) is 0 Å². The number of fused-ring (bicyclic) bond motifs is 1. The summed E-state index contributed by atoms with van der Waals surface area (Å²) >= 11 is 0. The van der Waals surface area contributed by atoms with Gasteiger partial charge in [0.1, 0.15) is 18.4 Å². The maximum absolute atomic E-state index is 13.5. The molecule has 0 bridgehead atoms. The Morgan fingerprint density at radius 1 is 1.03 bits per heavy atom. The molecule has 1 aliphatic rings. The van der Waals surface area contributed by atoms with E-state index in [4.69, 9.17) is 9.84 Å². The lowest BCUT2D eigenvalue weighted by Crippen LogP contribution is -2.46. The van der Waals surface area contributed by atoms with Crippen LogP contribution in [-0.2, 0) is 11.2 Å². The Balaban J connectivity index is 0.00000324. The first kappa shape index (κ1) is 25.3. The molecule has 0 fully saturated rings. The quantitative estimate of drug-likeness (QED) is 0.490. The Hall–Kier alpha value is -3.35. The maximum atomic E-state index is 13.5. The smallest absolute Gasteiger partial charge is 0.335 e. The number of halogens is 1. The zero-order valence-corrected chi connectivity index (χ0v) is 19.8. The van der Waals surface area contributed by atoms with Crippen LogP contribution >= 0.6 is 12.4 Å². The average molecular weight is 481 g/mol. The predicted molar refractivity (Wildman–Crippen MR) is 134 cm³/mol. The number of carbonyl (C=O) groups is 2. The summed E-state index contributed by atoms with van der Waals surface area (Å²) in [4.78, 5) is 26.8. The van der Waals surface area contributed by atoms with E-state index in [2.05, 4.69) is 16.3 Å². The zero-order chi connectivity index (χ0) is 23.2. The molecular formula is C27H29ClN2O4. The molecule has 1 amide bonds. The fourth-order valence-corrected chi connectivity index (χ4v) is 4.25. The van der Waals surface area contributed by atoms with Crippen LogP contribution < -0.4 is 10.1 Å². The first-order valence-corrected chi connectivity index (χ1v) is 11.2. The van der Waals surface area contributed by atoms with E-state index in [0.29, 0.717) is 13.2 Å². The van der Waals surface area contributed by atoms with Gasteiger partial charge in [0.15, 0.2) is 0 Å². The molecule has 3 aromatic carbocycles. The van der Waals surface area contributed by atoms with Gasteiger partial charge >= 0.3 is 5.97 Å². The number of nitrogens with zero attached hydrogens (tertiary/aromatic N) is 1. The Morgan fingerprint density at radius 2 is 1.71 bits per heavy atom. The molecule has 1 aliphatic heterocycles. The van der Waals surface area contributed by atoms with Crippen molar-refractivity contribution in [3.63, 3.8) is 0 Å². The molecule has 6 nitrogen and oxygen atoms in total. The minimum Gasteiger partial charge on any atom is -0.492 e. The van der Waals surface area contributed by atoms with Crippen molar-refractivity contribution in [2.75, 3.05) is 19.7 Å². The highest BCUT2D eigenvalue weighted by Gasteiger charge is 2.33. The number of hydrogen-bond acceptors (Lipinski definition) is 4. The van der Waals surface area contributed by atoms with Gasteiger partial charge in [0.25, 0.3) is 0 Å². The molecule has 2 N–H and O–H groups in total. The second-order valence-corrected chi connectivity index (χ2v) is 8.21. The van der Waals surface area contributed by atoms with Crippen LogP contribution in [0.15, 0.2) is 78.9 Å². The van der Waals surface area contributed by atoms with Crippen LogP contribution in [0.5, 0.6) is 5.75 Å². The number of benzene rings is 3.